The van der Waals surface area contributed by atoms with E-state index >= 15 is 0 Å². The van der Waals surface area contributed by atoms with Crippen LogP contribution in [0.15, 0.2) is 60.7 Å². The molecule has 0 unspecified atom stereocenters. The largest absolute Gasteiger partial charge is 0.435 e. The summed E-state index contributed by atoms with van der Waals surface area (Å²) >= 11 is 0. The van der Waals surface area contributed by atoms with Crippen LogP contribution in [0.1, 0.15) is 11.4 Å². The standard InChI is InChI=1S/C20H14F4N4/c1-12-11-16(26-15-9-7-14(21)8-10-15)28-19(25-12)17(13-5-3-2-4-6-13)18(27-28)20(22,23)24/h2-11,26H,1H3. The van der Waals surface area contributed by atoms with E-state index in [4.69, 9.17) is 0 Å². The molecule has 0 aliphatic heterocycles. The van der Waals surface area contributed by atoms with Gasteiger partial charge < -0.3 is 5.32 Å². The molecule has 2 aromatic heterocycles. The molecule has 4 rings (SSSR count). The van der Waals surface area contributed by atoms with E-state index in [2.05, 4.69) is 15.4 Å². The SMILES string of the molecule is Cc1cc(Nc2ccc(F)cc2)n2nc(C(F)(F)F)c(-c3ccccc3)c2n1. The van der Waals surface area contributed by atoms with Gasteiger partial charge in [0.1, 0.15) is 11.6 Å². The average molecular weight is 386 g/mol. The molecular weight excluding hydrogens is 372 g/mol. The number of fused-ring (bicyclic) bond motifs is 1. The lowest BCUT2D eigenvalue weighted by Gasteiger charge is -2.10. The van der Waals surface area contributed by atoms with Gasteiger partial charge in [-0.3, -0.25) is 0 Å². The molecule has 2 heterocycles. The van der Waals surface area contributed by atoms with Crippen molar-refractivity contribution in [1.29, 1.82) is 0 Å². The molecule has 1 N–H and O–H groups in total. The number of hydrogen-bond acceptors (Lipinski definition) is 3. The predicted molar refractivity (Wildman–Crippen MR) is 97.8 cm³/mol. The summed E-state index contributed by atoms with van der Waals surface area (Å²) in [7, 11) is 0. The molecule has 0 radical (unpaired) electrons. The summed E-state index contributed by atoms with van der Waals surface area (Å²) < 4.78 is 55.4. The molecule has 0 atom stereocenters. The Morgan fingerprint density at radius 1 is 0.964 bits per heavy atom. The molecule has 0 saturated heterocycles. The van der Waals surface area contributed by atoms with E-state index in [1.807, 2.05) is 0 Å². The van der Waals surface area contributed by atoms with Crippen LogP contribution in [0.5, 0.6) is 0 Å². The number of nitrogens with zero attached hydrogens (tertiary/aromatic N) is 3. The Balaban J connectivity index is 1.96. The first-order chi connectivity index (χ1) is 13.3. The predicted octanol–water partition coefficient (Wildman–Crippen LogP) is 5.61. The van der Waals surface area contributed by atoms with Crippen LogP contribution in [0.4, 0.5) is 29.1 Å². The topological polar surface area (TPSA) is 42.2 Å². The van der Waals surface area contributed by atoms with E-state index in [0.717, 1.165) is 4.52 Å². The lowest BCUT2D eigenvalue weighted by Crippen LogP contribution is -2.08. The van der Waals surface area contributed by atoms with Gasteiger partial charge in [-0.25, -0.2) is 9.37 Å². The monoisotopic (exact) mass is 386 g/mol. The van der Waals surface area contributed by atoms with Crippen molar-refractivity contribution in [3.8, 4) is 11.1 Å². The Hall–Kier alpha value is -3.42. The first kappa shape index (κ1) is 18.0. The van der Waals surface area contributed by atoms with Crippen LogP contribution in [0.25, 0.3) is 16.8 Å². The number of halogens is 4. The van der Waals surface area contributed by atoms with Crippen LogP contribution in [0.2, 0.25) is 0 Å². The summed E-state index contributed by atoms with van der Waals surface area (Å²) in [4.78, 5) is 4.30. The van der Waals surface area contributed by atoms with Crippen molar-refractivity contribution in [2.45, 2.75) is 13.1 Å². The molecule has 0 aliphatic carbocycles. The lowest BCUT2D eigenvalue weighted by atomic mass is 10.1. The molecule has 0 aliphatic rings. The second-order valence-corrected chi connectivity index (χ2v) is 6.24. The minimum Gasteiger partial charge on any atom is -0.340 e. The fourth-order valence-corrected chi connectivity index (χ4v) is 2.98. The van der Waals surface area contributed by atoms with Gasteiger partial charge in [-0.1, -0.05) is 30.3 Å². The van der Waals surface area contributed by atoms with Gasteiger partial charge in [-0.15, -0.1) is 0 Å². The number of aryl methyl sites for hydroxylation is 1. The van der Waals surface area contributed by atoms with Crippen LogP contribution < -0.4 is 5.32 Å². The van der Waals surface area contributed by atoms with Gasteiger partial charge >= 0.3 is 6.18 Å². The van der Waals surface area contributed by atoms with E-state index in [1.54, 1.807) is 43.3 Å². The Bertz CT molecular complexity index is 1130. The summed E-state index contributed by atoms with van der Waals surface area (Å²) in [5.41, 5.74) is 0.387. The van der Waals surface area contributed by atoms with E-state index in [9.17, 15) is 17.6 Å². The third-order valence-electron chi connectivity index (χ3n) is 4.16. The zero-order valence-electron chi connectivity index (χ0n) is 14.6. The number of rotatable bonds is 3. The van der Waals surface area contributed by atoms with Crippen LogP contribution in [-0.2, 0) is 6.18 Å². The van der Waals surface area contributed by atoms with Crippen molar-refractivity contribution >= 4 is 17.2 Å². The van der Waals surface area contributed by atoms with Crippen molar-refractivity contribution < 1.29 is 17.6 Å². The van der Waals surface area contributed by atoms with Crippen molar-refractivity contribution in [3.63, 3.8) is 0 Å². The summed E-state index contributed by atoms with van der Waals surface area (Å²) in [6, 6.07) is 15.3. The first-order valence-electron chi connectivity index (χ1n) is 8.38. The minimum atomic E-state index is -4.65. The first-order valence-corrected chi connectivity index (χ1v) is 8.38. The molecule has 0 fully saturated rings. The Labute approximate surface area is 157 Å². The van der Waals surface area contributed by atoms with Crippen molar-refractivity contribution in [3.05, 3.63) is 77.9 Å². The van der Waals surface area contributed by atoms with Gasteiger partial charge in [-0.2, -0.15) is 22.8 Å². The number of hydrogen-bond donors (Lipinski definition) is 1. The van der Waals surface area contributed by atoms with E-state index in [0.29, 0.717) is 22.8 Å². The molecule has 8 heteroatoms. The van der Waals surface area contributed by atoms with E-state index in [-0.39, 0.29) is 11.2 Å². The number of aromatic nitrogens is 3. The third kappa shape index (κ3) is 3.28. The highest BCUT2D eigenvalue weighted by Crippen LogP contribution is 2.39. The number of anilines is 2. The third-order valence-corrected chi connectivity index (χ3v) is 4.16. The van der Waals surface area contributed by atoms with Crippen LogP contribution in [-0.4, -0.2) is 14.6 Å². The number of alkyl halides is 3. The van der Waals surface area contributed by atoms with Crippen molar-refractivity contribution in [2.24, 2.45) is 0 Å². The molecular formula is C20H14F4N4. The number of nitrogens with one attached hydrogen (secondary N) is 1. The van der Waals surface area contributed by atoms with Gasteiger partial charge in [0, 0.05) is 17.4 Å². The fraction of sp³-hybridized carbons (Fsp3) is 0.100. The molecule has 4 nitrogen and oxygen atoms in total. The summed E-state index contributed by atoms with van der Waals surface area (Å²) in [6.07, 6.45) is -4.65. The highest BCUT2D eigenvalue weighted by molar-refractivity contribution is 5.82. The summed E-state index contributed by atoms with van der Waals surface area (Å²) in [5.74, 6) is -0.117. The maximum absolute atomic E-state index is 13.7. The zero-order chi connectivity index (χ0) is 19.9. The minimum absolute atomic E-state index is 0.0843. The smallest absolute Gasteiger partial charge is 0.340 e. The molecule has 28 heavy (non-hydrogen) atoms. The molecule has 0 saturated carbocycles. The fourth-order valence-electron chi connectivity index (χ4n) is 2.98. The number of benzene rings is 2. The molecule has 0 spiro atoms. The highest BCUT2D eigenvalue weighted by atomic mass is 19.4. The quantitative estimate of drug-likeness (QED) is 0.466. The van der Waals surface area contributed by atoms with Gasteiger partial charge in [0.05, 0.1) is 5.56 Å². The van der Waals surface area contributed by atoms with Crippen LogP contribution >= 0.6 is 0 Å². The van der Waals surface area contributed by atoms with Gasteiger partial charge in [0.15, 0.2) is 11.3 Å². The lowest BCUT2D eigenvalue weighted by molar-refractivity contribution is -0.140. The maximum atomic E-state index is 13.7. The van der Waals surface area contributed by atoms with E-state index < -0.39 is 17.7 Å². The average Bonchev–Trinajstić information content (AvgIpc) is 3.04. The summed E-state index contributed by atoms with van der Waals surface area (Å²) in [6.45, 7) is 1.69. The zero-order valence-corrected chi connectivity index (χ0v) is 14.6. The summed E-state index contributed by atoms with van der Waals surface area (Å²) in [5, 5.41) is 6.79. The van der Waals surface area contributed by atoms with Crippen molar-refractivity contribution in [1.82, 2.24) is 14.6 Å². The second kappa shape index (κ2) is 6.63. The molecule has 0 bridgehead atoms. The maximum Gasteiger partial charge on any atom is 0.435 e. The van der Waals surface area contributed by atoms with Gasteiger partial charge in [-0.05, 0) is 36.8 Å². The van der Waals surface area contributed by atoms with Gasteiger partial charge in [0.25, 0.3) is 0 Å². The molecule has 142 valence electrons. The van der Waals surface area contributed by atoms with Crippen LogP contribution in [0.3, 0.4) is 0 Å². The molecule has 2 aromatic carbocycles. The Morgan fingerprint density at radius 2 is 1.64 bits per heavy atom. The van der Waals surface area contributed by atoms with Crippen LogP contribution in [0, 0.1) is 12.7 Å². The van der Waals surface area contributed by atoms with E-state index in [1.165, 1.54) is 24.3 Å². The Morgan fingerprint density at radius 3 is 2.29 bits per heavy atom. The second-order valence-electron chi connectivity index (χ2n) is 6.24. The normalized spacial score (nSPS) is 11.8. The molecule has 4 aromatic rings. The van der Waals surface area contributed by atoms with Crippen molar-refractivity contribution in [2.75, 3.05) is 5.32 Å². The highest BCUT2D eigenvalue weighted by Gasteiger charge is 2.39. The molecule has 0 amide bonds. The Kier molecular flexibility index (Phi) is 4.26. The van der Waals surface area contributed by atoms with Gasteiger partial charge in [0.2, 0.25) is 0 Å².